The Labute approximate surface area is 158 Å². The number of benzene rings is 1. The molecule has 1 aromatic carbocycles. The van der Waals surface area contributed by atoms with E-state index in [1.165, 1.54) is 21.3 Å². The molecule has 0 radical (unpaired) electrons. The number of hydrogen-bond donors (Lipinski definition) is 0. The SMILES string of the molecule is O=S(=O)(c1ccc(Cl)cc1F)N1CCN(Cc2ccc(Br)s2)CC1. The van der Waals surface area contributed by atoms with Gasteiger partial charge in [-0.2, -0.15) is 4.31 Å². The number of halogens is 3. The van der Waals surface area contributed by atoms with E-state index < -0.39 is 15.8 Å². The van der Waals surface area contributed by atoms with Crippen molar-refractivity contribution in [1.29, 1.82) is 0 Å². The van der Waals surface area contributed by atoms with Crippen LogP contribution in [0.4, 0.5) is 4.39 Å². The fourth-order valence-electron chi connectivity index (χ4n) is 2.61. The lowest BCUT2D eigenvalue weighted by Gasteiger charge is -2.33. The van der Waals surface area contributed by atoms with Crippen LogP contribution in [0, 0.1) is 5.82 Å². The minimum atomic E-state index is -3.83. The maximum Gasteiger partial charge on any atom is 0.246 e. The van der Waals surface area contributed by atoms with E-state index in [4.69, 9.17) is 11.6 Å². The Kier molecular flexibility index (Phi) is 5.63. The highest BCUT2D eigenvalue weighted by molar-refractivity contribution is 9.11. The highest BCUT2D eigenvalue weighted by Crippen LogP contribution is 2.26. The third-order valence-electron chi connectivity index (χ3n) is 3.85. The maximum atomic E-state index is 14.0. The van der Waals surface area contributed by atoms with Crippen LogP contribution in [0.2, 0.25) is 5.02 Å². The molecular weight excluding hydrogens is 439 g/mol. The summed E-state index contributed by atoms with van der Waals surface area (Å²) in [5.74, 6) is -0.812. The molecule has 0 N–H and O–H groups in total. The molecule has 0 saturated carbocycles. The Bertz CT molecular complexity index is 836. The average Bonchev–Trinajstić information content (AvgIpc) is 2.92. The highest BCUT2D eigenvalue weighted by Gasteiger charge is 2.30. The van der Waals surface area contributed by atoms with Crippen molar-refractivity contribution < 1.29 is 12.8 Å². The molecule has 0 atom stereocenters. The van der Waals surface area contributed by atoms with Gasteiger partial charge in [-0.15, -0.1) is 11.3 Å². The molecule has 24 heavy (non-hydrogen) atoms. The zero-order valence-corrected chi connectivity index (χ0v) is 16.6. The summed E-state index contributed by atoms with van der Waals surface area (Å²) in [5, 5.41) is 0.179. The van der Waals surface area contributed by atoms with E-state index in [0.717, 1.165) is 16.4 Å². The summed E-state index contributed by atoms with van der Waals surface area (Å²) in [5.41, 5.74) is 0. The number of rotatable bonds is 4. The Balaban J connectivity index is 1.67. The van der Waals surface area contributed by atoms with Crippen LogP contribution in [-0.2, 0) is 16.6 Å². The number of piperazine rings is 1. The molecule has 2 heterocycles. The molecular formula is C15H15BrClFN2O2S2. The third-order valence-corrected chi connectivity index (χ3v) is 7.63. The molecule has 3 rings (SSSR count). The van der Waals surface area contributed by atoms with E-state index in [1.807, 2.05) is 6.07 Å². The summed E-state index contributed by atoms with van der Waals surface area (Å²) in [6, 6.07) is 7.70. The quantitative estimate of drug-likeness (QED) is 0.707. The van der Waals surface area contributed by atoms with Gasteiger partial charge in [0.1, 0.15) is 10.7 Å². The first-order valence-electron chi connectivity index (χ1n) is 7.28. The smallest absolute Gasteiger partial charge is 0.246 e. The van der Waals surface area contributed by atoms with Gasteiger partial charge in [0.25, 0.3) is 0 Å². The van der Waals surface area contributed by atoms with Crippen molar-refractivity contribution in [3.05, 3.63) is 49.8 Å². The largest absolute Gasteiger partial charge is 0.296 e. The van der Waals surface area contributed by atoms with Gasteiger partial charge >= 0.3 is 0 Å². The highest BCUT2D eigenvalue weighted by atomic mass is 79.9. The third kappa shape index (κ3) is 4.00. The van der Waals surface area contributed by atoms with E-state index >= 15 is 0 Å². The van der Waals surface area contributed by atoms with Gasteiger partial charge in [0.05, 0.1) is 3.79 Å². The fraction of sp³-hybridized carbons (Fsp3) is 0.333. The van der Waals surface area contributed by atoms with E-state index in [2.05, 4.69) is 26.9 Å². The summed E-state index contributed by atoms with van der Waals surface area (Å²) in [6.45, 7) is 2.71. The van der Waals surface area contributed by atoms with Gasteiger partial charge in [-0.25, -0.2) is 12.8 Å². The average molecular weight is 454 g/mol. The molecule has 0 amide bonds. The zero-order chi connectivity index (χ0) is 17.3. The number of sulfonamides is 1. The van der Waals surface area contributed by atoms with E-state index in [-0.39, 0.29) is 9.92 Å². The second-order valence-electron chi connectivity index (χ2n) is 5.46. The molecule has 1 fully saturated rings. The molecule has 4 nitrogen and oxygen atoms in total. The number of thiophene rings is 1. The van der Waals surface area contributed by atoms with Gasteiger partial charge in [0.15, 0.2) is 0 Å². The first-order chi connectivity index (χ1) is 11.4. The minimum Gasteiger partial charge on any atom is -0.296 e. The predicted molar refractivity (Wildman–Crippen MR) is 97.5 cm³/mol. The van der Waals surface area contributed by atoms with Crippen LogP contribution in [-0.4, -0.2) is 43.8 Å². The molecule has 2 aromatic rings. The first kappa shape index (κ1) is 18.3. The van der Waals surface area contributed by atoms with Crippen molar-refractivity contribution >= 4 is 48.9 Å². The molecule has 1 saturated heterocycles. The number of hydrogen-bond acceptors (Lipinski definition) is 4. The van der Waals surface area contributed by atoms with Crippen LogP contribution in [0.15, 0.2) is 39.0 Å². The molecule has 9 heteroatoms. The van der Waals surface area contributed by atoms with Crippen LogP contribution in [0.25, 0.3) is 0 Å². The van der Waals surface area contributed by atoms with E-state index in [1.54, 1.807) is 11.3 Å². The summed E-state index contributed by atoms with van der Waals surface area (Å²) < 4.78 is 41.6. The summed E-state index contributed by atoms with van der Waals surface area (Å²) >= 11 is 10.8. The molecule has 0 unspecified atom stereocenters. The molecule has 0 bridgehead atoms. The van der Waals surface area contributed by atoms with Crippen molar-refractivity contribution in [1.82, 2.24) is 9.21 Å². The van der Waals surface area contributed by atoms with Crippen molar-refractivity contribution in [2.75, 3.05) is 26.2 Å². The van der Waals surface area contributed by atoms with Gasteiger partial charge in [0.2, 0.25) is 10.0 Å². The van der Waals surface area contributed by atoms with Gasteiger partial charge < -0.3 is 0 Å². The van der Waals surface area contributed by atoms with Crippen molar-refractivity contribution in [2.45, 2.75) is 11.4 Å². The van der Waals surface area contributed by atoms with Gasteiger partial charge in [-0.3, -0.25) is 4.90 Å². The molecule has 1 aromatic heterocycles. The van der Waals surface area contributed by atoms with Crippen molar-refractivity contribution in [3.8, 4) is 0 Å². The molecule has 130 valence electrons. The lowest BCUT2D eigenvalue weighted by Crippen LogP contribution is -2.48. The minimum absolute atomic E-state index is 0.179. The first-order valence-corrected chi connectivity index (χ1v) is 10.7. The van der Waals surface area contributed by atoms with Gasteiger partial charge in [-0.1, -0.05) is 11.6 Å². The lowest BCUT2D eigenvalue weighted by molar-refractivity contribution is 0.182. The summed E-state index contributed by atoms with van der Waals surface area (Å²) in [4.78, 5) is 3.10. The topological polar surface area (TPSA) is 40.6 Å². The monoisotopic (exact) mass is 452 g/mol. The lowest BCUT2D eigenvalue weighted by atomic mass is 10.3. The fourth-order valence-corrected chi connectivity index (χ4v) is 5.76. The van der Waals surface area contributed by atoms with E-state index in [9.17, 15) is 12.8 Å². The standard InChI is InChI=1S/C15H15BrClFN2O2S2/c16-15-4-2-12(23-15)10-19-5-7-20(8-6-19)24(21,22)14-3-1-11(17)9-13(14)18/h1-4,9H,5-8,10H2. The van der Waals surface area contributed by atoms with Crippen LogP contribution in [0.1, 0.15) is 4.88 Å². The molecule has 1 aliphatic heterocycles. The van der Waals surface area contributed by atoms with E-state index in [0.29, 0.717) is 26.2 Å². The summed E-state index contributed by atoms with van der Waals surface area (Å²) in [7, 11) is -3.83. The molecule has 0 aliphatic carbocycles. The molecule has 0 spiro atoms. The summed E-state index contributed by atoms with van der Waals surface area (Å²) in [6.07, 6.45) is 0. The Morgan fingerprint density at radius 3 is 2.46 bits per heavy atom. The van der Waals surface area contributed by atoms with Crippen molar-refractivity contribution in [3.63, 3.8) is 0 Å². The second-order valence-corrected chi connectivity index (χ2v) is 10.4. The number of nitrogens with zero attached hydrogens (tertiary/aromatic N) is 2. The zero-order valence-electron chi connectivity index (χ0n) is 12.6. The second kappa shape index (κ2) is 7.39. The Morgan fingerprint density at radius 1 is 1.17 bits per heavy atom. The Hall–Kier alpha value is -0.510. The normalized spacial score (nSPS) is 17.3. The predicted octanol–water partition coefficient (Wildman–Crippen LogP) is 3.81. The van der Waals surface area contributed by atoms with Crippen LogP contribution in [0.3, 0.4) is 0 Å². The molecule has 1 aliphatic rings. The van der Waals surface area contributed by atoms with Gasteiger partial charge in [0, 0.05) is 42.6 Å². The Morgan fingerprint density at radius 2 is 1.88 bits per heavy atom. The maximum absolute atomic E-state index is 14.0. The van der Waals surface area contributed by atoms with Crippen LogP contribution < -0.4 is 0 Å². The van der Waals surface area contributed by atoms with Crippen LogP contribution in [0.5, 0.6) is 0 Å². The van der Waals surface area contributed by atoms with Crippen LogP contribution >= 0.6 is 38.9 Å². The van der Waals surface area contributed by atoms with Gasteiger partial charge in [-0.05, 0) is 46.3 Å². The van der Waals surface area contributed by atoms with Crippen molar-refractivity contribution in [2.24, 2.45) is 0 Å².